The third-order valence-corrected chi connectivity index (χ3v) is 6.14. The van der Waals surface area contributed by atoms with Gasteiger partial charge in [-0.3, -0.25) is 9.59 Å². The molecule has 3 rings (SSSR count). The van der Waals surface area contributed by atoms with Crippen LogP contribution in [-0.2, 0) is 4.79 Å². The van der Waals surface area contributed by atoms with Crippen LogP contribution in [0.3, 0.4) is 0 Å². The number of hydrogen-bond donors (Lipinski definition) is 1. The summed E-state index contributed by atoms with van der Waals surface area (Å²) in [6, 6.07) is 13.8. The molecule has 1 N–H and O–H groups in total. The van der Waals surface area contributed by atoms with E-state index in [9.17, 15) is 9.59 Å². The number of rotatable bonds is 7. The van der Waals surface area contributed by atoms with Crippen molar-refractivity contribution in [1.29, 1.82) is 0 Å². The molecule has 6 heteroatoms. The van der Waals surface area contributed by atoms with Crippen LogP contribution in [0.25, 0.3) is 0 Å². The Balaban J connectivity index is 1.65. The van der Waals surface area contributed by atoms with Gasteiger partial charge in [-0.15, -0.1) is 0 Å². The highest BCUT2D eigenvalue weighted by molar-refractivity contribution is 5.95. The number of hydrogen-bond acceptors (Lipinski definition) is 4. The lowest BCUT2D eigenvalue weighted by molar-refractivity contribution is -0.126. The van der Waals surface area contributed by atoms with Gasteiger partial charge >= 0.3 is 0 Å². The predicted molar refractivity (Wildman–Crippen MR) is 127 cm³/mol. The van der Waals surface area contributed by atoms with Gasteiger partial charge in [0.2, 0.25) is 5.91 Å². The Morgan fingerprint density at radius 3 is 2.50 bits per heavy atom. The fraction of sp³-hybridized carbons (Fsp3) is 0.462. The summed E-state index contributed by atoms with van der Waals surface area (Å²) in [6.45, 7) is 5.63. The standard InChI is InChI=1S/C26H35N3O3/c1-18-13-19(2)15-21(14-18)26(31)29-12-8-9-20(17-29)25(30)27-16-23(28(3)4)22-10-6-7-11-24(22)32-5/h6-7,10-11,13-15,20,23H,8-9,12,16-17H2,1-5H3,(H,27,30). The number of ether oxygens (including phenoxy) is 1. The molecule has 2 aromatic rings. The quantitative estimate of drug-likeness (QED) is 0.719. The van der Waals surface area contributed by atoms with E-state index in [0.717, 1.165) is 35.3 Å². The first-order chi connectivity index (χ1) is 15.3. The summed E-state index contributed by atoms with van der Waals surface area (Å²) in [4.78, 5) is 30.0. The number of para-hydroxylation sites is 1. The number of piperidine rings is 1. The zero-order valence-electron chi connectivity index (χ0n) is 19.9. The third-order valence-electron chi connectivity index (χ3n) is 6.14. The van der Waals surface area contributed by atoms with Crippen molar-refractivity contribution in [2.75, 3.05) is 40.8 Å². The molecule has 1 saturated heterocycles. The number of nitrogens with zero attached hydrogens (tertiary/aromatic N) is 2. The molecular formula is C26H35N3O3. The van der Waals surface area contributed by atoms with E-state index in [1.54, 1.807) is 7.11 Å². The van der Waals surface area contributed by atoms with Crippen LogP contribution >= 0.6 is 0 Å². The second kappa shape index (κ2) is 10.6. The highest BCUT2D eigenvalue weighted by Gasteiger charge is 2.30. The Labute approximate surface area is 191 Å². The van der Waals surface area contributed by atoms with Gasteiger partial charge in [-0.05, 0) is 59.0 Å². The van der Waals surface area contributed by atoms with Crippen LogP contribution < -0.4 is 10.1 Å². The normalized spacial score (nSPS) is 17.2. The van der Waals surface area contributed by atoms with Gasteiger partial charge < -0.3 is 19.9 Å². The third kappa shape index (κ3) is 5.68. The molecule has 2 amide bonds. The molecule has 2 unspecified atom stereocenters. The zero-order valence-corrected chi connectivity index (χ0v) is 19.9. The first kappa shape index (κ1) is 23.8. The Morgan fingerprint density at radius 1 is 1.16 bits per heavy atom. The lowest BCUT2D eigenvalue weighted by atomic mass is 9.95. The van der Waals surface area contributed by atoms with E-state index in [1.165, 1.54) is 0 Å². The summed E-state index contributed by atoms with van der Waals surface area (Å²) in [5, 5.41) is 3.13. The first-order valence-corrected chi connectivity index (χ1v) is 11.2. The van der Waals surface area contributed by atoms with E-state index in [2.05, 4.69) is 16.3 Å². The smallest absolute Gasteiger partial charge is 0.253 e. The molecule has 1 heterocycles. The van der Waals surface area contributed by atoms with Crippen LogP contribution in [0.2, 0.25) is 0 Å². The SMILES string of the molecule is COc1ccccc1C(CNC(=O)C1CCCN(C(=O)c2cc(C)cc(C)c2)C1)N(C)C. The van der Waals surface area contributed by atoms with Gasteiger partial charge in [0.05, 0.1) is 19.1 Å². The molecule has 0 bridgehead atoms. The molecule has 32 heavy (non-hydrogen) atoms. The van der Waals surface area contributed by atoms with Gasteiger partial charge in [0.25, 0.3) is 5.91 Å². The molecule has 1 aliphatic rings. The van der Waals surface area contributed by atoms with Gasteiger partial charge in [0, 0.05) is 30.8 Å². The molecule has 0 aromatic heterocycles. The summed E-state index contributed by atoms with van der Waals surface area (Å²) in [7, 11) is 5.65. The summed E-state index contributed by atoms with van der Waals surface area (Å²) < 4.78 is 5.52. The topological polar surface area (TPSA) is 61.9 Å². The van der Waals surface area contributed by atoms with Crippen molar-refractivity contribution in [2.45, 2.75) is 32.7 Å². The largest absolute Gasteiger partial charge is 0.496 e. The monoisotopic (exact) mass is 437 g/mol. The zero-order chi connectivity index (χ0) is 23.3. The van der Waals surface area contributed by atoms with E-state index in [4.69, 9.17) is 4.74 Å². The maximum atomic E-state index is 13.1. The molecule has 1 fully saturated rings. The van der Waals surface area contributed by atoms with E-state index >= 15 is 0 Å². The minimum Gasteiger partial charge on any atom is -0.496 e. The molecule has 0 spiro atoms. The average molecular weight is 438 g/mol. The van der Waals surface area contributed by atoms with Crippen LogP contribution in [0.5, 0.6) is 5.75 Å². The van der Waals surface area contributed by atoms with Gasteiger partial charge in [-0.2, -0.15) is 0 Å². The van der Waals surface area contributed by atoms with E-state index in [1.807, 2.05) is 69.2 Å². The first-order valence-electron chi connectivity index (χ1n) is 11.2. The molecule has 172 valence electrons. The molecule has 2 aromatic carbocycles. The molecule has 1 aliphatic heterocycles. The Morgan fingerprint density at radius 2 is 1.84 bits per heavy atom. The van der Waals surface area contributed by atoms with Gasteiger partial charge in [-0.1, -0.05) is 35.4 Å². The van der Waals surface area contributed by atoms with Crippen molar-refractivity contribution in [3.63, 3.8) is 0 Å². The number of carbonyl (C=O) groups is 2. The second-order valence-electron chi connectivity index (χ2n) is 8.93. The van der Waals surface area contributed by atoms with Crippen LogP contribution in [0.4, 0.5) is 0 Å². The lowest BCUT2D eigenvalue weighted by Gasteiger charge is -2.33. The van der Waals surface area contributed by atoms with Crippen molar-refractivity contribution in [3.8, 4) is 5.75 Å². The number of nitrogens with one attached hydrogen (secondary N) is 1. The fourth-order valence-corrected chi connectivity index (χ4v) is 4.51. The summed E-state index contributed by atoms with van der Waals surface area (Å²) >= 11 is 0. The minimum absolute atomic E-state index is 0.00432. The Hall–Kier alpha value is -2.86. The summed E-state index contributed by atoms with van der Waals surface area (Å²) in [6.07, 6.45) is 1.63. The van der Waals surface area contributed by atoms with E-state index in [0.29, 0.717) is 25.2 Å². The molecule has 0 radical (unpaired) electrons. The number of carbonyl (C=O) groups excluding carboxylic acids is 2. The number of amides is 2. The van der Waals surface area contributed by atoms with Gasteiger partial charge in [0.15, 0.2) is 0 Å². The van der Waals surface area contributed by atoms with Crippen LogP contribution in [0, 0.1) is 19.8 Å². The maximum Gasteiger partial charge on any atom is 0.253 e. The van der Waals surface area contributed by atoms with Crippen molar-refractivity contribution >= 4 is 11.8 Å². The highest BCUT2D eigenvalue weighted by atomic mass is 16.5. The fourth-order valence-electron chi connectivity index (χ4n) is 4.51. The number of likely N-dealkylation sites (N-methyl/N-ethyl adjacent to an activating group) is 1. The number of likely N-dealkylation sites (tertiary alicyclic amines) is 1. The molecule has 2 atom stereocenters. The second-order valence-corrected chi connectivity index (χ2v) is 8.93. The average Bonchev–Trinajstić information content (AvgIpc) is 2.78. The Kier molecular flexibility index (Phi) is 7.91. The van der Waals surface area contributed by atoms with Crippen molar-refractivity contribution in [3.05, 3.63) is 64.7 Å². The molecule has 0 saturated carbocycles. The van der Waals surface area contributed by atoms with Crippen molar-refractivity contribution in [2.24, 2.45) is 5.92 Å². The van der Waals surface area contributed by atoms with Crippen LogP contribution in [0.15, 0.2) is 42.5 Å². The minimum atomic E-state index is -0.195. The van der Waals surface area contributed by atoms with E-state index in [-0.39, 0.29) is 23.8 Å². The van der Waals surface area contributed by atoms with Gasteiger partial charge in [-0.25, -0.2) is 0 Å². The number of benzene rings is 2. The lowest BCUT2D eigenvalue weighted by Crippen LogP contribution is -2.46. The van der Waals surface area contributed by atoms with E-state index < -0.39 is 0 Å². The van der Waals surface area contributed by atoms with Gasteiger partial charge in [0.1, 0.15) is 5.75 Å². The summed E-state index contributed by atoms with van der Waals surface area (Å²) in [5.41, 5.74) is 3.89. The van der Waals surface area contributed by atoms with Crippen LogP contribution in [0.1, 0.15) is 45.9 Å². The predicted octanol–water partition coefficient (Wildman–Crippen LogP) is 3.58. The number of aryl methyl sites for hydroxylation is 2. The maximum absolute atomic E-state index is 13.1. The summed E-state index contributed by atoms with van der Waals surface area (Å²) in [5.74, 6) is 0.626. The Bertz CT molecular complexity index is 937. The highest BCUT2D eigenvalue weighted by Crippen LogP contribution is 2.28. The van der Waals surface area contributed by atoms with Crippen molar-refractivity contribution < 1.29 is 14.3 Å². The van der Waals surface area contributed by atoms with Crippen molar-refractivity contribution in [1.82, 2.24) is 15.1 Å². The van der Waals surface area contributed by atoms with Crippen LogP contribution in [-0.4, -0.2) is 62.5 Å². The molecular weight excluding hydrogens is 402 g/mol. The molecule has 6 nitrogen and oxygen atoms in total. The molecule has 0 aliphatic carbocycles. The number of methoxy groups -OCH3 is 1.